The fraction of sp³-hybridized carbons (Fsp3) is 0.304. The molecule has 5 rings (SSSR count). The van der Waals surface area contributed by atoms with Gasteiger partial charge in [0.1, 0.15) is 18.1 Å². The van der Waals surface area contributed by atoms with Crippen molar-refractivity contribution < 1.29 is 19.0 Å². The zero-order valence-electron chi connectivity index (χ0n) is 17.8. The normalized spacial score (nSPS) is 18.9. The van der Waals surface area contributed by atoms with Crippen molar-refractivity contribution in [2.75, 3.05) is 29.1 Å². The van der Waals surface area contributed by atoms with E-state index in [2.05, 4.69) is 21.4 Å². The van der Waals surface area contributed by atoms with Crippen LogP contribution in [0.1, 0.15) is 18.4 Å². The van der Waals surface area contributed by atoms with Crippen LogP contribution in [0.15, 0.2) is 24.5 Å². The lowest BCUT2D eigenvalue weighted by atomic mass is 9.80. The topological polar surface area (TPSA) is 137 Å². The van der Waals surface area contributed by atoms with Gasteiger partial charge in [-0.15, -0.1) is 0 Å². The number of fused-ring (bicyclic) bond motifs is 2. The number of carboxylic acid groups (broad SMARTS) is 1. The summed E-state index contributed by atoms with van der Waals surface area (Å²) in [7, 11) is 0. The quantitative estimate of drug-likeness (QED) is 0.513. The number of nitrogens with two attached hydrogens (primary N) is 1. The van der Waals surface area contributed by atoms with Crippen molar-refractivity contribution in [3.8, 4) is 23.1 Å². The van der Waals surface area contributed by atoms with Gasteiger partial charge in [0.2, 0.25) is 5.88 Å². The standard InChI is InChI=1S/C23H21FN6O3/c1-11-16(9-29-22-21(11)27-2-3-33-22)15-6-13-7-18(28-10-17(13)20(26)19(15)24)30(23(31)32)14-4-12(5-14)8-25/h6-7,9-10,12,14,27H,2-5,26H2,1H3,(H,31,32)/t12-,14-. The third kappa shape index (κ3) is 3.33. The largest absolute Gasteiger partial charge is 0.474 e. The van der Waals surface area contributed by atoms with Gasteiger partial charge in [-0.2, -0.15) is 5.26 Å². The molecule has 0 spiro atoms. The first kappa shape index (κ1) is 20.8. The van der Waals surface area contributed by atoms with E-state index in [0.717, 1.165) is 5.56 Å². The highest BCUT2D eigenvalue weighted by atomic mass is 19.1. The zero-order chi connectivity index (χ0) is 23.3. The van der Waals surface area contributed by atoms with Crippen molar-refractivity contribution >= 4 is 34.1 Å². The molecule has 3 heterocycles. The van der Waals surface area contributed by atoms with Gasteiger partial charge >= 0.3 is 6.09 Å². The number of nitriles is 1. The summed E-state index contributed by atoms with van der Waals surface area (Å²) in [5.41, 5.74) is 8.35. The number of amides is 1. The molecule has 168 valence electrons. The monoisotopic (exact) mass is 448 g/mol. The third-order valence-corrected chi connectivity index (χ3v) is 6.33. The number of aromatic nitrogens is 2. The van der Waals surface area contributed by atoms with Crippen LogP contribution >= 0.6 is 0 Å². The van der Waals surface area contributed by atoms with Crippen LogP contribution in [0.25, 0.3) is 21.9 Å². The SMILES string of the molecule is Cc1c(-c2cc3cc(N(C(=O)O)[C@H]4C[C@H](C#N)C4)ncc3c(N)c2F)cnc2c1NCCO2. The van der Waals surface area contributed by atoms with Crippen molar-refractivity contribution in [1.29, 1.82) is 5.26 Å². The molecule has 33 heavy (non-hydrogen) atoms. The number of carbonyl (C=O) groups is 1. The van der Waals surface area contributed by atoms with E-state index in [1.54, 1.807) is 18.3 Å². The smallest absolute Gasteiger partial charge is 0.413 e. The Morgan fingerprint density at radius 1 is 1.33 bits per heavy atom. The molecule has 9 nitrogen and oxygen atoms in total. The van der Waals surface area contributed by atoms with Crippen LogP contribution in [0.3, 0.4) is 0 Å². The first-order chi connectivity index (χ1) is 15.9. The molecule has 0 bridgehead atoms. The summed E-state index contributed by atoms with van der Waals surface area (Å²) in [6.07, 6.45) is 2.69. The number of pyridine rings is 2. The second kappa shape index (κ2) is 7.78. The molecule has 1 amide bonds. The van der Waals surface area contributed by atoms with Crippen LogP contribution in [0, 0.1) is 30.0 Å². The molecule has 0 atom stereocenters. The lowest BCUT2D eigenvalue weighted by Crippen LogP contribution is -2.47. The average Bonchev–Trinajstić information content (AvgIpc) is 2.78. The van der Waals surface area contributed by atoms with Gasteiger partial charge in [0.25, 0.3) is 0 Å². The molecule has 3 aromatic rings. The van der Waals surface area contributed by atoms with E-state index in [1.807, 2.05) is 6.92 Å². The number of ether oxygens (including phenoxy) is 1. The Bertz CT molecular complexity index is 1330. The maximum absolute atomic E-state index is 15.3. The molecule has 1 aliphatic carbocycles. The van der Waals surface area contributed by atoms with Crippen molar-refractivity contribution in [1.82, 2.24) is 9.97 Å². The van der Waals surface area contributed by atoms with Gasteiger partial charge < -0.3 is 20.9 Å². The maximum atomic E-state index is 15.3. The van der Waals surface area contributed by atoms with Gasteiger partial charge in [-0.05, 0) is 42.8 Å². The number of nitrogens with one attached hydrogen (secondary N) is 1. The summed E-state index contributed by atoms with van der Waals surface area (Å²) in [5, 5.41) is 23.0. The van der Waals surface area contributed by atoms with Crippen LogP contribution in [0.4, 0.5) is 26.4 Å². The highest BCUT2D eigenvalue weighted by Gasteiger charge is 2.38. The number of benzene rings is 1. The first-order valence-electron chi connectivity index (χ1n) is 10.5. The fourth-order valence-corrected chi connectivity index (χ4v) is 4.45. The van der Waals surface area contributed by atoms with Crippen LogP contribution in [-0.4, -0.2) is 40.4 Å². The van der Waals surface area contributed by atoms with Crippen LogP contribution in [-0.2, 0) is 0 Å². The zero-order valence-corrected chi connectivity index (χ0v) is 17.8. The van der Waals surface area contributed by atoms with E-state index < -0.39 is 11.9 Å². The molecule has 1 saturated carbocycles. The molecular formula is C23H21FN6O3. The summed E-state index contributed by atoms with van der Waals surface area (Å²) < 4.78 is 20.9. The lowest BCUT2D eigenvalue weighted by Gasteiger charge is -2.37. The summed E-state index contributed by atoms with van der Waals surface area (Å²) in [6, 6.07) is 5.05. The molecule has 0 unspecified atom stereocenters. The van der Waals surface area contributed by atoms with Gasteiger partial charge in [-0.25, -0.2) is 19.2 Å². The number of nitrogens with zero attached hydrogens (tertiary/aromatic N) is 4. The number of hydrogen-bond acceptors (Lipinski definition) is 7. The van der Waals surface area contributed by atoms with E-state index in [9.17, 15) is 9.90 Å². The highest BCUT2D eigenvalue weighted by Crippen LogP contribution is 2.40. The minimum Gasteiger partial charge on any atom is -0.474 e. The van der Waals surface area contributed by atoms with Crippen molar-refractivity contribution in [3.05, 3.63) is 35.9 Å². The van der Waals surface area contributed by atoms with Crippen LogP contribution in [0.2, 0.25) is 0 Å². The van der Waals surface area contributed by atoms with E-state index in [0.29, 0.717) is 53.9 Å². The Morgan fingerprint density at radius 3 is 2.85 bits per heavy atom. The van der Waals surface area contributed by atoms with Gasteiger partial charge in [0.15, 0.2) is 5.82 Å². The van der Waals surface area contributed by atoms with E-state index in [1.165, 1.54) is 11.1 Å². The Hall–Kier alpha value is -4.13. The van der Waals surface area contributed by atoms with Gasteiger partial charge in [-0.1, -0.05) is 0 Å². The highest BCUT2D eigenvalue weighted by molar-refractivity contribution is 5.99. The summed E-state index contributed by atoms with van der Waals surface area (Å²) in [6.45, 7) is 2.97. The fourth-order valence-electron chi connectivity index (χ4n) is 4.45. The first-order valence-corrected chi connectivity index (χ1v) is 10.5. The number of anilines is 3. The van der Waals surface area contributed by atoms with Crippen molar-refractivity contribution in [2.24, 2.45) is 5.92 Å². The van der Waals surface area contributed by atoms with Crippen molar-refractivity contribution in [2.45, 2.75) is 25.8 Å². The molecular weight excluding hydrogens is 427 g/mol. The Morgan fingerprint density at radius 2 is 2.12 bits per heavy atom. The molecule has 4 N–H and O–H groups in total. The lowest BCUT2D eigenvalue weighted by molar-refractivity contribution is 0.189. The second-order valence-corrected chi connectivity index (χ2v) is 8.27. The van der Waals surface area contributed by atoms with Gasteiger partial charge in [-0.3, -0.25) is 4.90 Å². The summed E-state index contributed by atoms with van der Waals surface area (Å²) in [4.78, 5) is 21.7. The number of rotatable bonds is 3. The Balaban J connectivity index is 1.61. The molecule has 2 aromatic heterocycles. The van der Waals surface area contributed by atoms with Crippen molar-refractivity contribution in [3.63, 3.8) is 0 Å². The average molecular weight is 448 g/mol. The predicted octanol–water partition coefficient (Wildman–Crippen LogP) is 3.92. The number of nitrogen functional groups attached to an aromatic ring is 1. The molecule has 1 aliphatic heterocycles. The molecule has 0 saturated heterocycles. The molecule has 2 aliphatic rings. The minimum atomic E-state index is -1.15. The predicted molar refractivity (Wildman–Crippen MR) is 121 cm³/mol. The van der Waals surface area contributed by atoms with Crippen LogP contribution in [0.5, 0.6) is 5.88 Å². The summed E-state index contributed by atoms with van der Waals surface area (Å²) in [5.74, 6) is -0.0737. The maximum Gasteiger partial charge on any atom is 0.413 e. The van der Waals surface area contributed by atoms with Crippen LogP contribution < -0.4 is 20.7 Å². The van der Waals surface area contributed by atoms with Gasteiger partial charge in [0, 0.05) is 41.5 Å². The van der Waals surface area contributed by atoms with E-state index >= 15 is 4.39 Å². The molecule has 0 radical (unpaired) electrons. The molecule has 1 aromatic carbocycles. The van der Waals surface area contributed by atoms with E-state index in [4.69, 9.17) is 15.7 Å². The molecule has 1 fully saturated rings. The van der Waals surface area contributed by atoms with E-state index in [-0.39, 0.29) is 29.0 Å². The Kier molecular flexibility index (Phi) is 4.89. The minimum absolute atomic E-state index is 0.0713. The third-order valence-electron chi connectivity index (χ3n) is 6.33. The molecule has 10 heteroatoms. The number of hydrogen-bond donors (Lipinski definition) is 3. The second-order valence-electron chi connectivity index (χ2n) is 8.27. The van der Waals surface area contributed by atoms with Gasteiger partial charge in [0.05, 0.1) is 17.7 Å². The Labute approximate surface area is 188 Å². The summed E-state index contributed by atoms with van der Waals surface area (Å²) >= 11 is 0. The number of halogens is 1.